The molecule has 3 rings (SSSR count). The van der Waals surface area contributed by atoms with Gasteiger partial charge in [0, 0.05) is 17.7 Å². The van der Waals surface area contributed by atoms with E-state index in [1.807, 2.05) is 30.3 Å². The second kappa shape index (κ2) is 8.83. The first kappa shape index (κ1) is 19.8. The fraction of sp³-hybridized carbons (Fsp3) is 0.304. The Morgan fingerprint density at radius 3 is 2.54 bits per heavy atom. The summed E-state index contributed by atoms with van der Waals surface area (Å²) < 4.78 is 15.6. The van der Waals surface area contributed by atoms with Crippen LogP contribution in [0.4, 0.5) is 4.39 Å². The van der Waals surface area contributed by atoms with E-state index in [0.717, 1.165) is 18.4 Å². The second-order valence-corrected chi connectivity index (χ2v) is 6.92. The van der Waals surface area contributed by atoms with Gasteiger partial charge in [-0.3, -0.25) is 9.36 Å². The second-order valence-electron chi connectivity index (χ2n) is 6.92. The summed E-state index contributed by atoms with van der Waals surface area (Å²) in [5, 5.41) is 10.2. The lowest BCUT2D eigenvalue weighted by atomic mass is 9.99. The number of benzene rings is 2. The molecule has 0 atom stereocenters. The third-order valence-electron chi connectivity index (χ3n) is 4.94. The molecule has 0 saturated heterocycles. The Hall–Kier alpha value is -2.95. The summed E-state index contributed by atoms with van der Waals surface area (Å²) in [6.45, 7) is 4.45. The van der Waals surface area contributed by atoms with E-state index in [9.17, 15) is 14.3 Å². The topological polar surface area (TPSA) is 55.1 Å². The first-order valence-corrected chi connectivity index (χ1v) is 9.65. The van der Waals surface area contributed by atoms with Gasteiger partial charge in [0.15, 0.2) is 11.6 Å². The Morgan fingerprint density at radius 1 is 1.07 bits per heavy atom. The number of phenolic OH excluding ortho intramolecular Hbond substituents is 1. The molecule has 0 aliphatic heterocycles. The van der Waals surface area contributed by atoms with Gasteiger partial charge in [-0.25, -0.2) is 9.37 Å². The summed E-state index contributed by atoms with van der Waals surface area (Å²) in [5.74, 6) is -0.622. The normalized spacial score (nSPS) is 11.0. The van der Waals surface area contributed by atoms with E-state index in [-0.39, 0.29) is 11.1 Å². The first-order chi connectivity index (χ1) is 13.5. The summed E-state index contributed by atoms with van der Waals surface area (Å²) in [7, 11) is 0. The van der Waals surface area contributed by atoms with Crippen molar-refractivity contribution in [2.45, 2.75) is 46.1 Å². The van der Waals surface area contributed by atoms with Crippen LogP contribution in [0, 0.1) is 12.7 Å². The molecule has 3 aromatic rings. The molecular weight excluding hydrogens is 355 g/mol. The number of para-hydroxylation sites is 1. The van der Waals surface area contributed by atoms with Crippen LogP contribution in [0.25, 0.3) is 11.3 Å². The molecule has 0 spiro atoms. The molecule has 0 amide bonds. The van der Waals surface area contributed by atoms with Gasteiger partial charge in [-0.2, -0.15) is 0 Å². The van der Waals surface area contributed by atoms with Gasteiger partial charge in [0.25, 0.3) is 5.56 Å². The number of aromatic nitrogens is 2. The van der Waals surface area contributed by atoms with E-state index in [4.69, 9.17) is 0 Å². The molecule has 146 valence electrons. The van der Waals surface area contributed by atoms with Crippen LogP contribution in [0.5, 0.6) is 5.75 Å². The number of rotatable bonds is 7. The van der Waals surface area contributed by atoms with Gasteiger partial charge in [0.1, 0.15) is 5.82 Å². The van der Waals surface area contributed by atoms with E-state index in [2.05, 4.69) is 11.9 Å². The predicted octanol–water partition coefficient (Wildman–Crippen LogP) is 4.65. The van der Waals surface area contributed by atoms with Crippen molar-refractivity contribution in [2.75, 3.05) is 0 Å². The molecule has 0 aliphatic carbocycles. The number of nitrogens with zero attached hydrogens (tertiary/aromatic N) is 2. The van der Waals surface area contributed by atoms with Gasteiger partial charge in [-0.15, -0.1) is 0 Å². The number of unbranched alkanes of at least 4 members (excludes halogenated alkanes) is 1. The van der Waals surface area contributed by atoms with Crippen LogP contribution in [-0.4, -0.2) is 14.7 Å². The number of aromatic hydroxyl groups is 1. The lowest BCUT2D eigenvalue weighted by molar-refractivity contribution is 0.434. The van der Waals surface area contributed by atoms with Crippen LogP contribution in [0.2, 0.25) is 0 Å². The van der Waals surface area contributed by atoms with Crippen LogP contribution in [0.3, 0.4) is 0 Å². The summed E-state index contributed by atoms with van der Waals surface area (Å²) in [4.78, 5) is 17.9. The zero-order valence-corrected chi connectivity index (χ0v) is 16.3. The molecule has 1 N–H and O–H groups in total. The number of phenols is 1. The van der Waals surface area contributed by atoms with Gasteiger partial charge in [0.2, 0.25) is 0 Å². The predicted molar refractivity (Wildman–Crippen MR) is 109 cm³/mol. The fourth-order valence-corrected chi connectivity index (χ4v) is 3.35. The molecule has 0 unspecified atom stereocenters. The highest BCUT2D eigenvalue weighted by atomic mass is 19.1. The summed E-state index contributed by atoms with van der Waals surface area (Å²) in [6, 6.07) is 14.2. The van der Waals surface area contributed by atoms with Gasteiger partial charge >= 0.3 is 0 Å². The lowest BCUT2D eigenvalue weighted by Gasteiger charge is -2.16. The molecule has 28 heavy (non-hydrogen) atoms. The lowest BCUT2D eigenvalue weighted by Crippen LogP contribution is -2.28. The Kier molecular flexibility index (Phi) is 6.24. The van der Waals surface area contributed by atoms with E-state index in [1.165, 1.54) is 12.1 Å². The molecule has 0 aliphatic rings. The Bertz CT molecular complexity index is 1010. The zero-order valence-electron chi connectivity index (χ0n) is 16.3. The Morgan fingerprint density at radius 2 is 1.82 bits per heavy atom. The summed E-state index contributed by atoms with van der Waals surface area (Å²) >= 11 is 0. The quantitative estimate of drug-likeness (QED) is 0.649. The van der Waals surface area contributed by atoms with E-state index < -0.39 is 11.6 Å². The van der Waals surface area contributed by atoms with E-state index >= 15 is 0 Å². The van der Waals surface area contributed by atoms with Crippen LogP contribution in [0.1, 0.15) is 36.7 Å². The molecule has 0 radical (unpaired) electrons. The van der Waals surface area contributed by atoms with Crippen molar-refractivity contribution in [3.8, 4) is 17.0 Å². The van der Waals surface area contributed by atoms with Crippen molar-refractivity contribution in [2.24, 2.45) is 0 Å². The highest BCUT2D eigenvalue weighted by Gasteiger charge is 2.19. The Labute approximate surface area is 164 Å². The SMILES string of the molecule is CCCCn1c(C)nc(-c2cccc(F)c2O)c(CCc2ccccc2)c1=O. The average Bonchev–Trinajstić information content (AvgIpc) is 2.70. The monoisotopic (exact) mass is 380 g/mol. The summed E-state index contributed by atoms with van der Waals surface area (Å²) in [6.07, 6.45) is 2.98. The molecule has 1 heterocycles. The minimum atomic E-state index is -0.721. The first-order valence-electron chi connectivity index (χ1n) is 9.65. The van der Waals surface area contributed by atoms with Crippen LogP contribution in [0.15, 0.2) is 53.3 Å². The highest BCUT2D eigenvalue weighted by Crippen LogP contribution is 2.32. The van der Waals surface area contributed by atoms with Gasteiger partial charge in [-0.1, -0.05) is 49.7 Å². The van der Waals surface area contributed by atoms with Crippen molar-refractivity contribution >= 4 is 0 Å². The Balaban J connectivity index is 2.11. The minimum Gasteiger partial charge on any atom is -0.504 e. The van der Waals surface area contributed by atoms with Crippen LogP contribution in [-0.2, 0) is 19.4 Å². The van der Waals surface area contributed by atoms with Gasteiger partial charge < -0.3 is 5.11 Å². The maximum atomic E-state index is 13.9. The third-order valence-corrected chi connectivity index (χ3v) is 4.94. The zero-order chi connectivity index (χ0) is 20.1. The largest absolute Gasteiger partial charge is 0.504 e. The molecule has 5 heteroatoms. The third kappa shape index (κ3) is 4.14. The number of halogens is 1. The molecule has 0 bridgehead atoms. The van der Waals surface area contributed by atoms with E-state index in [0.29, 0.717) is 36.5 Å². The number of hydrogen-bond acceptors (Lipinski definition) is 3. The molecule has 2 aromatic carbocycles. The maximum Gasteiger partial charge on any atom is 0.257 e. The maximum absolute atomic E-state index is 13.9. The van der Waals surface area contributed by atoms with E-state index in [1.54, 1.807) is 17.6 Å². The van der Waals surface area contributed by atoms with Gasteiger partial charge in [0.05, 0.1) is 5.69 Å². The van der Waals surface area contributed by atoms with Crippen molar-refractivity contribution in [1.29, 1.82) is 0 Å². The molecule has 0 fully saturated rings. The smallest absolute Gasteiger partial charge is 0.257 e. The van der Waals surface area contributed by atoms with Crippen molar-refractivity contribution in [3.63, 3.8) is 0 Å². The molecule has 1 aromatic heterocycles. The molecule has 0 saturated carbocycles. The summed E-state index contributed by atoms with van der Waals surface area (Å²) in [5.41, 5.74) is 2.12. The van der Waals surface area contributed by atoms with Gasteiger partial charge in [-0.05, 0) is 43.9 Å². The molecular formula is C23H25FN2O2. The average molecular weight is 380 g/mol. The minimum absolute atomic E-state index is 0.115. The number of hydrogen-bond donors (Lipinski definition) is 1. The van der Waals surface area contributed by atoms with Crippen molar-refractivity contribution < 1.29 is 9.50 Å². The molecule has 4 nitrogen and oxygen atoms in total. The number of aryl methyl sites for hydroxylation is 2. The van der Waals surface area contributed by atoms with Crippen molar-refractivity contribution in [3.05, 3.63) is 81.7 Å². The van der Waals surface area contributed by atoms with Crippen molar-refractivity contribution in [1.82, 2.24) is 9.55 Å². The standard InChI is InChI=1S/C23H25FN2O2/c1-3-4-15-26-16(2)25-21(18-11-8-12-20(24)22(18)27)19(23(26)28)14-13-17-9-6-5-7-10-17/h5-12,27H,3-4,13-15H2,1-2H3. The fourth-order valence-electron chi connectivity index (χ4n) is 3.35. The van der Waals surface area contributed by atoms with Crippen LogP contribution >= 0.6 is 0 Å². The van der Waals surface area contributed by atoms with Crippen LogP contribution < -0.4 is 5.56 Å². The highest BCUT2D eigenvalue weighted by molar-refractivity contribution is 5.69.